The van der Waals surface area contributed by atoms with Crippen molar-refractivity contribution in [1.82, 2.24) is 19.6 Å². The highest BCUT2D eigenvalue weighted by Crippen LogP contribution is 2.28. The molecule has 23 heavy (non-hydrogen) atoms. The summed E-state index contributed by atoms with van der Waals surface area (Å²) in [5.74, 6) is 0. The maximum atomic E-state index is 12.6. The summed E-state index contributed by atoms with van der Waals surface area (Å²) in [5.41, 5.74) is 3.12. The van der Waals surface area contributed by atoms with E-state index in [1.54, 1.807) is 24.5 Å². The zero-order valence-electron chi connectivity index (χ0n) is 12.3. The van der Waals surface area contributed by atoms with Gasteiger partial charge in [-0.2, -0.15) is 0 Å². The lowest BCUT2D eigenvalue weighted by Crippen LogP contribution is -2.16. The Morgan fingerprint density at radius 1 is 1.00 bits per heavy atom. The second kappa shape index (κ2) is 5.40. The Morgan fingerprint density at radius 3 is 2.61 bits per heavy atom. The number of aromatic nitrogens is 4. The molecule has 0 spiro atoms. The number of pyridine rings is 1. The van der Waals surface area contributed by atoms with Gasteiger partial charge in [-0.15, -0.1) is 10.2 Å². The van der Waals surface area contributed by atoms with Crippen molar-refractivity contribution in [3.63, 3.8) is 0 Å². The van der Waals surface area contributed by atoms with Crippen molar-refractivity contribution >= 4 is 17.0 Å². The van der Waals surface area contributed by atoms with Gasteiger partial charge in [0.2, 0.25) is 0 Å². The molecule has 4 rings (SSSR count). The smallest absolute Gasteiger partial charge is 0.268 e. The molecule has 112 valence electrons. The molecule has 3 aromatic heterocycles. The van der Waals surface area contributed by atoms with Gasteiger partial charge in [0.15, 0.2) is 5.01 Å². The van der Waals surface area contributed by atoms with Gasteiger partial charge in [-0.25, -0.2) is 4.98 Å². The Morgan fingerprint density at radius 2 is 1.78 bits per heavy atom. The molecule has 0 N–H and O–H groups in total. The second-order valence-corrected chi connectivity index (χ2v) is 6.16. The lowest BCUT2D eigenvalue weighted by atomic mass is 10.2. The first kappa shape index (κ1) is 13.8. The van der Waals surface area contributed by atoms with Crippen LogP contribution in [-0.2, 0) is 0 Å². The molecular weight excluding hydrogens is 308 g/mol. The Balaban J connectivity index is 1.82. The van der Waals surface area contributed by atoms with E-state index in [0.29, 0.717) is 16.2 Å². The third kappa shape index (κ3) is 2.43. The van der Waals surface area contributed by atoms with Gasteiger partial charge < -0.3 is 0 Å². The molecule has 4 aromatic rings. The number of rotatable bonds is 2. The Hall–Kier alpha value is -2.86. The average molecular weight is 320 g/mol. The van der Waals surface area contributed by atoms with E-state index in [0.717, 1.165) is 10.6 Å². The van der Waals surface area contributed by atoms with Crippen molar-refractivity contribution in [2.45, 2.75) is 6.92 Å². The van der Waals surface area contributed by atoms with Crippen LogP contribution in [0.5, 0.6) is 0 Å². The van der Waals surface area contributed by atoms with Crippen molar-refractivity contribution in [1.29, 1.82) is 0 Å². The van der Waals surface area contributed by atoms with Crippen molar-refractivity contribution < 1.29 is 0 Å². The fourth-order valence-corrected chi connectivity index (χ4v) is 3.17. The highest BCUT2D eigenvalue weighted by atomic mass is 32.1. The predicted octanol–water partition coefficient (Wildman–Crippen LogP) is 3.19. The molecule has 0 bridgehead atoms. The zero-order valence-corrected chi connectivity index (χ0v) is 13.1. The molecule has 5 nitrogen and oxygen atoms in total. The SMILES string of the molecule is Cc1ccc(-c2nnc(-c3cnc4ccccn4c3=O)s2)cc1. The predicted molar refractivity (Wildman–Crippen MR) is 90.5 cm³/mol. The molecule has 0 aliphatic carbocycles. The number of aryl methyl sites for hydroxylation is 1. The van der Waals surface area contributed by atoms with E-state index in [2.05, 4.69) is 15.2 Å². The quantitative estimate of drug-likeness (QED) is 0.569. The number of hydrogen-bond acceptors (Lipinski definition) is 5. The number of benzene rings is 1. The van der Waals surface area contributed by atoms with E-state index in [-0.39, 0.29) is 5.56 Å². The van der Waals surface area contributed by atoms with E-state index in [9.17, 15) is 4.79 Å². The minimum atomic E-state index is -0.137. The summed E-state index contributed by atoms with van der Waals surface area (Å²) >= 11 is 1.39. The van der Waals surface area contributed by atoms with Crippen molar-refractivity contribution in [3.8, 4) is 21.1 Å². The first-order chi connectivity index (χ1) is 11.2. The van der Waals surface area contributed by atoms with Crippen LogP contribution in [0.3, 0.4) is 0 Å². The number of nitrogens with zero attached hydrogens (tertiary/aromatic N) is 4. The largest absolute Gasteiger partial charge is 0.268 e. The number of fused-ring (bicyclic) bond motifs is 1. The van der Waals surface area contributed by atoms with Gasteiger partial charge in [0.25, 0.3) is 5.56 Å². The Bertz CT molecular complexity index is 1050. The lowest BCUT2D eigenvalue weighted by molar-refractivity contribution is 1.03. The van der Waals surface area contributed by atoms with Gasteiger partial charge >= 0.3 is 0 Å². The molecule has 0 radical (unpaired) electrons. The summed E-state index contributed by atoms with van der Waals surface area (Å²) < 4.78 is 1.52. The monoisotopic (exact) mass is 320 g/mol. The highest BCUT2D eigenvalue weighted by molar-refractivity contribution is 7.17. The molecule has 0 amide bonds. The van der Waals surface area contributed by atoms with Gasteiger partial charge in [-0.3, -0.25) is 9.20 Å². The minimum Gasteiger partial charge on any atom is -0.268 e. The van der Waals surface area contributed by atoms with Crippen LogP contribution >= 0.6 is 11.3 Å². The van der Waals surface area contributed by atoms with Crippen LogP contribution in [0.15, 0.2) is 59.7 Å². The Labute approximate surface area is 135 Å². The molecule has 0 saturated heterocycles. The highest BCUT2D eigenvalue weighted by Gasteiger charge is 2.13. The maximum absolute atomic E-state index is 12.6. The zero-order chi connectivity index (χ0) is 15.8. The summed E-state index contributed by atoms with van der Waals surface area (Å²) in [4.78, 5) is 16.9. The summed E-state index contributed by atoms with van der Waals surface area (Å²) in [6, 6.07) is 13.5. The van der Waals surface area contributed by atoms with E-state index in [4.69, 9.17) is 0 Å². The van der Waals surface area contributed by atoms with E-state index < -0.39 is 0 Å². The van der Waals surface area contributed by atoms with Gasteiger partial charge in [-0.1, -0.05) is 47.2 Å². The van der Waals surface area contributed by atoms with Crippen LogP contribution in [0.1, 0.15) is 5.56 Å². The van der Waals surface area contributed by atoms with Gasteiger partial charge in [0, 0.05) is 18.0 Å². The minimum absolute atomic E-state index is 0.137. The van der Waals surface area contributed by atoms with Crippen LogP contribution in [0.2, 0.25) is 0 Å². The lowest BCUT2D eigenvalue weighted by Gasteiger charge is -2.00. The van der Waals surface area contributed by atoms with Gasteiger partial charge in [0.05, 0.1) is 5.56 Å². The summed E-state index contributed by atoms with van der Waals surface area (Å²) in [7, 11) is 0. The second-order valence-electron chi connectivity index (χ2n) is 5.18. The molecular formula is C17H12N4OS. The van der Waals surface area contributed by atoms with Crippen LogP contribution in [0, 0.1) is 6.92 Å². The maximum Gasteiger partial charge on any atom is 0.268 e. The summed E-state index contributed by atoms with van der Waals surface area (Å²) in [5, 5.41) is 9.74. The van der Waals surface area contributed by atoms with Crippen molar-refractivity contribution in [2.75, 3.05) is 0 Å². The molecule has 0 unspecified atom stereocenters. The third-order valence-electron chi connectivity index (χ3n) is 3.57. The topological polar surface area (TPSA) is 60.1 Å². The van der Waals surface area contributed by atoms with E-state index in [1.807, 2.05) is 37.3 Å². The summed E-state index contributed by atoms with van der Waals surface area (Å²) in [6.45, 7) is 2.04. The molecule has 6 heteroatoms. The Kier molecular flexibility index (Phi) is 3.24. The van der Waals surface area contributed by atoms with Crippen LogP contribution in [0.25, 0.3) is 26.8 Å². The molecule has 0 atom stereocenters. The van der Waals surface area contributed by atoms with E-state index in [1.165, 1.54) is 21.3 Å². The average Bonchev–Trinajstić information content (AvgIpc) is 3.06. The van der Waals surface area contributed by atoms with E-state index >= 15 is 0 Å². The first-order valence-corrected chi connectivity index (χ1v) is 7.91. The van der Waals surface area contributed by atoms with Gasteiger partial charge in [-0.05, 0) is 19.1 Å². The fourth-order valence-electron chi connectivity index (χ4n) is 2.32. The molecule has 0 saturated carbocycles. The third-order valence-corrected chi connectivity index (χ3v) is 4.57. The van der Waals surface area contributed by atoms with Crippen molar-refractivity contribution in [3.05, 3.63) is 70.8 Å². The van der Waals surface area contributed by atoms with Crippen LogP contribution in [0.4, 0.5) is 0 Å². The normalized spacial score (nSPS) is 11.0. The molecule has 1 aromatic carbocycles. The van der Waals surface area contributed by atoms with Crippen LogP contribution < -0.4 is 5.56 Å². The van der Waals surface area contributed by atoms with Gasteiger partial charge in [0.1, 0.15) is 10.7 Å². The molecule has 0 aliphatic heterocycles. The molecule has 3 heterocycles. The standard InChI is InChI=1S/C17H12N4OS/c1-11-5-7-12(8-6-11)15-19-20-16(23-15)13-10-18-14-4-2-3-9-21(14)17(13)22/h2-10H,1H3. The molecule has 0 aliphatic rings. The van der Waals surface area contributed by atoms with Crippen molar-refractivity contribution in [2.24, 2.45) is 0 Å². The first-order valence-electron chi connectivity index (χ1n) is 7.10. The molecule has 0 fully saturated rings. The summed E-state index contributed by atoms with van der Waals surface area (Å²) in [6.07, 6.45) is 3.27. The number of hydrogen-bond donors (Lipinski definition) is 0. The fraction of sp³-hybridized carbons (Fsp3) is 0.0588. The van der Waals surface area contributed by atoms with Crippen LogP contribution in [-0.4, -0.2) is 19.6 Å².